The van der Waals surface area contributed by atoms with Gasteiger partial charge in [-0.2, -0.15) is 0 Å². The number of carboxylic acids is 2. The lowest BCUT2D eigenvalue weighted by molar-refractivity contribution is -0.148. The Morgan fingerprint density at radius 2 is 1.78 bits per heavy atom. The fraction of sp³-hybridized carbons (Fsp3) is 0.400. The van der Waals surface area contributed by atoms with E-state index < -0.39 is 30.4 Å². The molecule has 7 nitrogen and oxygen atoms in total. The van der Waals surface area contributed by atoms with Gasteiger partial charge in [-0.05, 0) is 44.5 Å². The molecular weight excluding hydrogens is 368 g/mol. The maximum Gasteiger partial charge on any atom is 0.330 e. The highest BCUT2D eigenvalue weighted by Crippen LogP contribution is 2.31. The van der Waals surface area contributed by atoms with Crippen molar-refractivity contribution in [2.75, 3.05) is 18.9 Å². The molecule has 1 aromatic rings. The van der Waals surface area contributed by atoms with Gasteiger partial charge in [0.15, 0.2) is 6.04 Å². The van der Waals surface area contributed by atoms with Crippen LogP contribution in [0.15, 0.2) is 10.5 Å². The summed E-state index contributed by atoms with van der Waals surface area (Å²) in [5, 5.41) is 20.6. The van der Waals surface area contributed by atoms with E-state index >= 15 is 0 Å². The quantitative estimate of drug-likeness (QED) is 0.643. The van der Waals surface area contributed by atoms with Gasteiger partial charge < -0.3 is 15.5 Å². The highest BCUT2D eigenvalue weighted by atomic mass is 79.9. The molecule has 0 aromatic heterocycles. The molecule has 1 amide bonds. The number of anilines is 1. The number of carboxylic acid groups (broad SMARTS) is 2. The number of aliphatic carboxylic acids is 2. The van der Waals surface area contributed by atoms with Gasteiger partial charge in [-0.3, -0.25) is 14.5 Å². The van der Waals surface area contributed by atoms with Gasteiger partial charge in [-0.1, -0.05) is 22.0 Å². The van der Waals surface area contributed by atoms with Gasteiger partial charge in [0.2, 0.25) is 0 Å². The van der Waals surface area contributed by atoms with E-state index in [1.54, 1.807) is 13.8 Å². The van der Waals surface area contributed by atoms with Crippen LogP contribution in [0.25, 0.3) is 0 Å². The largest absolute Gasteiger partial charge is 0.480 e. The van der Waals surface area contributed by atoms with Crippen LogP contribution in [0.2, 0.25) is 0 Å². The molecule has 0 radical (unpaired) electrons. The number of rotatable bonds is 6. The van der Waals surface area contributed by atoms with Crippen molar-refractivity contribution < 1.29 is 24.6 Å². The summed E-state index contributed by atoms with van der Waals surface area (Å²) in [4.78, 5) is 35.4. The molecule has 1 unspecified atom stereocenters. The van der Waals surface area contributed by atoms with Crippen LogP contribution < -0.4 is 5.32 Å². The van der Waals surface area contributed by atoms with Crippen LogP contribution in [0, 0.1) is 20.8 Å². The minimum atomic E-state index is -1.59. The molecule has 0 saturated carbocycles. The first-order valence-electron chi connectivity index (χ1n) is 6.78. The zero-order valence-corrected chi connectivity index (χ0v) is 14.9. The number of likely N-dealkylation sites (N-methyl/N-ethyl adjacent to an activating group) is 1. The summed E-state index contributed by atoms with van der Waals surface area (Å²) in [6, 6.07) is 0.272. The molecule has 8 heteroatoms. The summed E-state index contributed by atoms with van der Waals surface area (Å²) in [6.45, 7) is 4.96. The number of carbonyl (C=O) groups is 3. The molecule has 23 heavy (non-hydrogen) atoms. The summed E-state index contributed by atoms with van der Waals surface area (Å²) in [6.07, 6.45) is 0. The molecule has 1 aromatic carbocycles. The van der Waals surface area contributed by atoms with Crippen LogP contribution in [0.3, 0.4) is 0 Å². The van der Waals surface area contributed by atoms with E-state index in [4.69, 9.17) is 5.11 Å². The van der Waals surface area contributed by atoms with Crippen LogP contribution in [0.1, 0.15) is 16.7 Å². The van der Waals surface area contributed by atoms with Crippen molar-refractivity contribution in [3.8, 4) is 0 Å². The van der Waals surface area contributed by atoms with E-state index in [9.17, 15) is 19.5 Å². The number of benzene rings is 1. The number of halogens is 1. The fourth-order valence-corrected chi connectivity index (χ4v) is 2.66. The van der Waals surface area contributed by atoms with Gasteiger partial charge in [-0.15, -0.1) is 0 Å². The SMILES string of the molecule is Cc1cc(C)c(NC(=O)C(C(=O)O)N(C)CC(=O)O)c(C)c1Br. The third-order valence-corrected chi connectivity index (χ3v) is 4.65. The van der Waals surface area contributed by atoms with Crippen LogP contribution >= 0.6 is 15.9 Å². The molecule has 0 saturated heterocycles. The van der Waals surface area contributed by atoms with Crippen molar-refractivity contribution in [3.63, 3.8) is 0 Å². The van der Waals surface area contributed by atoms with E-state index in [0.29, 0.717) is 5.69 Å². The van der Waals surface area contributed by atoms with E-state index in [2.05, 4.69) is 21.2 Å². The fourth-order valence-electron chi connectivity index (χ4n) is 2.35. The van der Waals surface area contributed by atoms with Gasteiger partial charge in [0.1, 0.15) is 0 Å². The van der Waals surface area contributed by atoms with Gasteiger partial charge in [0.25, 0.3) is 5.91 Å². The number of hydrogen-bond donors (Lipinski definition) is 3. The third kappa shape index (κ3) is 4.52. The number of hydrogen-bond acceptors (Lipinski definition) is 4. The van der Waals surface area contributed by atoms with Gasteiger partial charge in [-0.25, -0.2) is 4.79 Å². The van der Waals surface area contributed by atoms with Crippen molar-refractivity contribution in [1.29, 1.82) is 0 Å². The molecule has 1 rings (SSSR count). The van der Waals surface area contributed by atoms with Crippen LogP contribution in [0.4, 0.5) is 5.69 Å². The van der Waals surface area contributed by atoms with Crippen LogP contribution in [-0.4, -0.2) is 52.6 Å². The molecule has 0 aliphatic heterocycles. The number of nitrogens with zero attached hydrogens (tertiary/aromatic N) is 1. The minimum absolute atomic E-state index is 0.516. The lowest BCUT2D eigenvalue weighted by Crippen LogP contribution is -2.49. The first-order chi connectivity index (χ1) is 10.6. The lowest BCUT2D eigenvalue weighted by atomic mass is 10.0. The molecule has 3 N–H and O–H groups in total. The maximum absolute atomic E-state index is 12.3. The predicted octanol–water partition coefficient (Wildman–Crippen LogP) is 1.78. The van der Waals surface area contributed by atoms with E-state index in [-0.39, 0.29) is 0 Å². The second-order valence-corrected chi connectivity index (χ2v) is 6.16. The molecule has 126 valence electrons. The standard InChI is InChI=1S/C15H19BrN2O5/c1-7-5-8(2)12(9(3)11(7)16)17-14(21)13(15(22)23)18(4)6-10(19)20/h5,13H,6H2,1-4H3,(H,17,21)(H,19,20)(H,22,23). The molecule has 0 aliphatic carbocycles. The maximum atomic E-state index is 12.3. The Kier molecular flexibility index (Phi) is 6.28. The second kappa shape index (κ2) is 7.56. The van der Waals surface area contributed by atoms with Gasteiger partial charge >= 0.3 is 11.9 Å². The summed E-state index contributed by atoms with van der Waals surface area (Å²) in [5.74, 6) is -3.41. The zero-order valence-electron chi connectivity index (χ0n) is 13.3. The molecule has 0 fully saturated rings. The first kappa shape index (κ1) is 19.1. The van der Waals surface area contributed by atoms with Crippen molar-refractivity contribution in [2.24, 2.45) is 0 Å². The Balaban J connectivity index is 3.12. The number of aryl methyl sites for hydroxylation is 2. The third-order valence-electron chi connectivity index (χ3n) is 3.43. The average Bonchev–Trinajstić information content (AvgIpc) is 2.40. The Hall–Kier alpha value is -1.93. The smallest absolute Gasteiger partial charge is 0.330 e. The summed E-state index contributed by atoms with van der Waals surface area (Å²) < 4.78 is 0.823. The summed E-state index contributed by atoms with van der Waals surface area (Å²) >= 11 is 3.43. The predicted molar refractivity (Wildman–Crippen MR) is 88.7 cm³/mol. The lowest BCUT2D eigenvalue weighted by Gasteiger charge is -2.23. The molecule has 1 atom stereocenters. The van der Waals surface area contributed by atoms with Crippen molar-refractivity contribution >= 4 is 39.5 Å². The van der Waals surface area contributed by atoms with Crippen molar-refractivity contribution in [1.82, 2.24) is 4.90 Å². The summed E-state index contributed by atoms with van der Waals surface area (Å²) in [7, 11) is 1.28. The Morgan fingerprint density at radius 1 is 1.22 bits per heavy atom. The zero-order chi connectivity index (χ0) is 17.9. The summed E-state index contributed by atoms with van der Waals surface area (Å²) in [5.41, 5.74) is 3.08. The van der Waals surface area contributed by atoms with Gasteiger partial charge in [0, 0.05) is 10.2 Å². The van der Waals surface area contributed by atoms with Gasteiger partial charge in [0.05, 0.1) is 6.54 Å². The number of amides is 1. The van der Waals surface area contributed by atoms with E-state index in [1.807, 2.05) is 13.0 Å². The van der Waals surface area contributed by atoms with Crippen LogP contribution in [0.5, 0.6) is 0 Å². The Morgan fingerprint density at radius 3 is 2.26 bits per heavy atom. The second-order valence-electron chi connectivity index (χ2n) is 5.36. The molecule has 0 bridgehead atoms. The van der Waals surface area contributed by atoms with E-state index in [1.165, 1.54) is 7.05 Å². The monoisotopic (exact) mass is 386 g/mol. The molecule has 0 heterocycles. The van der Waals surface area contributed by atoms with Crippen LogP contribution in [-0.2, 0) is 14.4 Å². The van der Waals surface area contributed by atoms with Crippen molar-refractivity contribution in [3.05, 3.63) is 27.2 Å². The topological polar surface area (TPSA) is 107 Å². The number of nitrogens with one attached hydrogen (secondary N) is 1. The molecule has 0 aliphatic rings. The molecular formula is C15H19BrN2O5. The van der Waals surface area contributed by atoms with Crippen molar-refractivity contribution in [2.45, 2.75) is 26.8 Å². The molecule has 0 spiro atoms. The first-order valence-corrected chi connectivity index (χ1v) is 7.57. The van der Waals surface area contributed by atoms with E-state index in [0.717, 1.165) is 26.1 Å². The Bertz CT molecular complexity index is 660. The normalized spacial score (nSPS) is 12.1. The minimum Gasteiger partial charge on any atom is -0.480 e. The Labute approximate surface area is 142 Å². The number of carbonyl (C=O) groups excluding carboxylic acids is 1. The average molecular weight is 387 g/mol. The highest BCUT2D eigenvalue weighted by Gasteiger charge is 2.32. The highest BCUT2D eigenvalue weighted by molar-refractivity contribution is 9.10.